The van der Waals surface area contributed by atoms with Crippen LogP contribution in [0.1, 0.15) is 34.5 Å². The summed E-state index contributed by atoms with van der Waals surface area (Å²) < 4.78 is 10.7. The number of amides is 2. The number of methoxy groups -OCH3 is 2. The molecular formula is C24H23N5O4. The Hall–Kier alpha value is -4.27. The van der Waals surface area contributed by atoms with Gasteiger partial charge in [-0.2, -0.15) is 5.10 Å². The molecule has 0 saturated heterocycles. The van der Waals surface area contributed by atoms with Crippen molar-refractivity contribution in [2.75, 3.05) is 19.5 Å². The van der Waals surface area contributed by atoms with Gasteiger partial charge in [-0.1, -0.05) is 12.1 Å². The molecule has 0 fully saturated rings. The molecule has 0 unspecified atom stereocenters. The maximum absolute atomic E-state index is 12.5. The van der Waals surface area contributed by atoms with Crippen LogP contribution in [0, 0.1) is 0 Å². The number of anilines is 1. The van der Waals surface area contributed by atoms with Gasteiger partial charge in [0, 0.05) is 36.5 Å². The van der Waals surface area contributed by atoms with E-state index in [1.807, 2.05) is 30.3 Å². The van der Waals surface area contributed by atoms with Crippen LogP contribution in [0.3, 0.4) is 0 Å². The second-order valence-corrected chi connectivity index (χ2v) is 7.31. The number of rotatable bonds is 7. The number of hydrogen-bond acceptors (Lipinski definition) is 7. The van der Waals surface area contributed by atoms with Crippen LogP contribution in [-0.4, -0.2) is 46.7 Å². The van der Waals surface area contributed by atoms with Crippen LogP contribution < -0.4 is 14.8 Å². The van der Waals surface area contributed by atoms with Gasteiger partial charge < -0.3 is 14.8 Å². The minimum atomic E-state index is -0.341. The monoisotopic (exact) mass is 445 g/mol. The topological polar surface area (TPSA) is 106 Å². The molecule has 3 aromatic rings. The number of nitrogens with one attached hydrogen (secondary N) is 1. The first-order valence-corrected chi connectivity index (χ1v) is 10.3. The highest BCUT2D eigenvalue weighted by atomic mass is 16.5. The molecule has 0 bridgehead atoms. The van der Waals surface area contributed by atoms with Gasteiger partial charge in [0.25, 0.3) is 5.91 Å². The highest BCUT2D eigenvalue weighted by molar-refractivity contribution is 6.04. The Labute approximate surface area is 191 Å². The Kier molecular flexibility index (Phi) is 6.58. The van der Waals surface area contributed by atoms with Crippen LogP contribution in [0.4, 0.5) is 5.69 Å². The molecule has 0 spiro atoms. The van der Waals surface area contributed by atoms with Crippen molar-refractivity contribution in [3.05, 3.63) is 77.9 Å². The predicted molar refractivity (Wildman–Crippen MR) is 122 cm³/mol. The molecule has 0 saturated carbocycles. The van der Waals surface area contributed by atoms with Crippen molar-refractivity contribution in [2.45, 2.75) is 19.4 Å². The second kappa shape index (κ2) is 9.90. The van der Waals surface area contributed by atoms with Gasteiger partial charge in [0.1, 0.15) is 5.69 Å². The van der Waals surface area contributed by atoms with Crippen molar-refractivity contribution >= 4 is 23.2 Å². The largest absolute Gasteiger partial charge is 0.493 e. The maximum atomic E-state index is 12.5. The summed E-state index contributed by atoms with van der Waals surface area (Å²) in [6, 6.07) is 12.8. The quantitative estimate of drug-likeness (QED) is 0.598. The first-order chi connectivity index (χ1) is 16.1. The van der Waals surface area contributed by atoms with E-state index in [0.717, 1.165) is 16.8 Å². The molecule has 1 aromatic heterocycles. The molecule has 4 rings (SSSR count). The zero-order chi connectivity index (χ0) is 23.2. The SMILES string of the molecule is COc1ccc(C2=NN(Cc3ccc(NC(=O)c4cnccn4)cc3)C(=O)CC2)cc1OC. The van der Waals surface area contributed by atoms with Gasteiger partial charge in [-0.3, -0.25) is 14.6 Å². The number of nitrogens with zero attached hydrogens (tertiary/aromatic N) is 4. The number of hydrazone groups is 1. The van der Waals surface area contributed by atoms with E-state index in [2.05, 4.69) is 20.4 Å². The van der Waals surface area contributed by atoms with Crippen molar-refractivity contribution < 1.29 is 19.1 Å². The summed E-state index contributed by atoms with van der Waals surface area (Å²) in [5.41, 5.74) is 3.43. The Morgan fingerprint density at radius 3 is 2.52 bits per heavy atom. The zero-order valence-electron chi connectivity index (χ0n) is 18.3. The zero-order valence-corrected chi connectivity index (χ0v) is 18.3. The molecule has 0 radical (unpaired) electrons. The van der Waals surface area contributed by atoms with Gasteiger partial charge in [-0.25, -0.2) is 9.99 Å². The normalized spacial score (nSPS) is 13.3. The number of benzene rings is 2. The van der Waals surface area contributed by atoms with E-state index in [-0.39, 0.29) is 17.5 Å². The molecule has 0 aliphatic carbocycles. The summed E-state index contributed by atoms with van der Waals surface area (Å²) in [5, 5.41) is 8.84. The fourth-order valence-electron chi connectivity index (χ4n) is 3.43. The fraction of sp³-hybridized carbons (Fsp3) is 0.208. The number of ether oxygens (including phenoxy) is 2. The van der Waals surface area contributed by atoms with E-state index in [0.29, 0.717) is 36.6 Å². The van der Waals surface area contributed by atoms with E-state index in [9.17, 15) is 9.59 Å². The minimum absolute atomic E-state index is 0.0424. The number of aromatic nitrogens is 2. The molecule has 9 nitrogen and oxygen atoms in total. The summed E-state index contributed by atoms with van der Waals surface area (Å²) in [6.45, 7) is 0.327. The average molecular weight is 445 g/mol. The number of hydrogen-bond donors (Lipinski definition) is 1. The lowest BCUT2D eigenvalue weighted by Crippen LogP contribution is -2.31. The molecule has 1 aliphatic rings. The Balaban J connectivity index is 1.46. The van der Waals surface area contributed by atoms with Crippen LogP contribution in [0.25, 0.3) is 0 Å². The van der Waals surface area contributed by atoms with E-state index in [4.69, 9.17) is 9.47 Å². The van der Waals surface area contributed by atoms with Crippen molar-refractivity contribution in [1.82, 2.24) is 15.0 Å². The molecule has 168 valence electrons. The molecule has 9 heteroatoms. The van der Waals surface area contributed by atoms with Gasteiger partial charge in [0.15, 0.2) is 11.5 Å². The molecular weight excluding hydrogens is 422 g/mol. The van der Waals surface area contributed by atoms with Crippen LogP contribution >= 0.6 is 0 Å². The smallest absolute Gasteiger partial charge is 0.275 e. The third-order valence-corrected chi connectivity index (χ3v) is 5.16. The summed E-state index contributed by atoms with van der Waals surface area (Å²) >= 11 is 0. The highest BCUT2D eigenvalue weighted by Gasteiger charge is 2.22. The van der Waals surface area contributed by atoms with Gasteiger partial charge >= 0.3 is 0 Å². The van der Waals surface area contributed by atoms with Crippen molar-refractivity contribution in [3.8, 4) is 11.5 Å². The van der Waals surface area contributed by atoms with Gasteiger partial charge in [-0.15, -0.1) is 0 Å². The Morgan fingerprint density at radius 1 is 1.03 bits per heavy atom. The van der Waals surface area contributed by atoms with E-state index in [1.54, 1.807) is 26.4 Å². The summed E-state index contributed by atoms with van der Waals surface area (Å²) in [6.07, 6.45) is 5.30. The van der Waals surface area contributed by atoms with Crippen molar-refractivity contribution in [1.29, 1.82) is 0 Å². The molecule has 0 atom stereocenters. The van der Waals surface area contributed by atoms with Gasteiger partial charge in [0.2, 0.25) is 5.91 Å². The van der Waals surface area contributed by atoms with Crippen molar-refractivity contribution in [3.63, 3.8) is 0 Å². The lowest BCUT2D eigenvalue weighted by molar-refractivity contribution is -0.132. The third kappa shape index (κ3) is 5.15. The van der Waals surface area contributed by atoms with Gasteiger partial charge in [0.05, 0.1) is 32.7 Å². The minimum Gasteiger partial charge on any atom is -0.493 e. The molecule has 33 heavy (non-hydrogen) atoms. The van der Waals surface area contributed by atoms with E-state index >= 15 is 0 Å². The van der Waals surface area contributed by atoms with Crippen LogP contribution in [0.5, 0.6) is 11.5 Å². The number of carbonyl (C=O) groups is 2. The first kappa shape index (κ1) is 21.9. The van der Waals surface area contributed by atoms with Crippen LogP contribution in [0.2, 0.25) is 0 Å². The molecule has 1 aliphatic heterocycles. The standard InChI is InChI=1S/C24H23N5O4/c1-32-21-9-5-17(13-22(21)33-2)19-8-10-23(30)29(28-19)15-16-3-6-18(7-4-16)27-24(31)20-14-25-11-12-26-20/h3-7,9,11-14H,8,10,15H2,1-2H3,(H,27,31). The lowest BCUT2D eigenvalue weighted by atomic mass is 10.0. The summed E-state index contributed by atoms with van der Waals surface area (Å²) in [7, 11) is 3.17. The van der Waals surface area contributed by atoms with Crippen LogP contribution in [0.15, 0.2) is 66.2 Å². The average Bonchev–Trinajstić information content (AvgIpc) is 2.86. The molecule has 2 amide bonds. The molecule has 2 heterocycles. The van der Waals surface area contributed by atoms with Crippen molar-refractivity contribution in [2.24, 2.45) is 5.10 Å². The predicted octanol–water partition coefficient (Wildman–Crippen LogP) is 3.27. The first-order valence-electron chi connectivity index (χ1n) is 10.3. The second-order valence-electron chi connectivity index (χ2n) is 7.31. The van der Waals surface area contributed by atoms with E-state index in [1.165, 1.54) is 23.6 Å². The summed E-state index contributed by atoms with van der Waals surface area (Å²) in [4.78, 5) is 32.6. The highest BCUT2D eigenvalue weighted by Crippen LogP contribution is 2.29. The maximum Gasteiger partial charge on any atom is 0.275 e. The molecule has 2 aromatic carbocycles. The van der Waals surface area contributed by atoms with E-state index < -0.39 is 0 Å². The van der Waals surface area contributed by atoms with Crippen LogP contribution in [-0.2, 0) is 11.3 Å². The fourth-order valence-corrected chi connectivity index (χ4v) is 3.43. The lowest BCUT2D eigenvalue weighted by Gasteiger charge is -2.24. The molecule has 1 N–H and O–H groups in total. The summed E-state index contributed by atoms with van der Waals surface area (Å²) in [5.74, 6) is 0.864. The number of carbonyl (C=O) groups excluding carboxylic acids is 2. The van der Waals surface area contributed by atoms with Gasteiger partial charge in [-0.05, 0) is 35.9 Å². The Morgan fingerprint density at radius 2 is 1.82 bits per heavy atom. The Bertz CT molecular complexity index is 1180. The third-order valence-electron chi connectivity index (χ3n) is 5.16.